The summed E-state index contributed by atoms with van der Waals surface area (Å²) in [7, 11) is -0.162. The van der Waals surface area contributed by atoms with E-state index in [1.807, 2.05) is 0 Å². The molecule has 0 bridgehead atoms. The number of ether oxygens (including phenoxy) is 3. The highest BCUT2D eigenvalue weighted by Gasteiger charge is 2.29. The van der Waals surface area contributed by atoms with Crippen LogP contribution in [0.4, 0.5) is 0 Å². The number of hydrogen-bond acceptors (Lipinski definition) is 7. The Kier molecular flexibility index (Phi) is 5.66. The molecule has 0 spiro atoms. The fourth-order valence-electron chi connectivity index (χ4n) is 2.36. The highest BCUT2D eigenvalue weighted by atomic mass is 32.2. The number of nitrogens with one attached hydrogen (secondary N) is 1. The Labute approximate surface area is 140 Å². The molecule has 1 heterocycles. The smallest absolute Gasteiger partial charge is 0.338 e. The number of carbonyl (C=O) groups is 2. The van der Waals surface area contributed by atoms with Crippen molar-refractivity contribution < 1.29 is 32.2 Å². The van der Waals surface area contributed by atoms with Gasteiger partial charge in [0.25, 0.3) is 5.91 Å². The highest BCUT2D eigenvalue weighted by molar-refractivity contribution is 7.91. The predicted molar refractivity (Wildman–Crippen MR) is 85.0 cm³/mol. The molecule has 1 aliphatic heterocycles. The summed E-state index contributed by atoms with van der Waals surface area (Å²) < 4.78 is 37.7. The first-order chi connectivity index (χ1) is 11.3. The van der Waals surface area contributed by atoms with E-state index in [0.717, 1.165) is 0 Å². The summed E-state index contributed by atoms with van der Waals surface area (Å²) in [6.07, 6.45) is 0.373. The molecule has 132 valence electrons. The Morgan fingerprint density at radius 2 is 1.92 bits per heavy atom. The molecule has 0 aromatic heterocycles. The van der Waals surface area contributed by atoms with Crippen LogP contribution in [0.3, 0.4) is 0 Å². The summed E-state index contributed by atoms with van der Waals surface area (Å²) in [5.74, 6) is -0.413. The van der Waals surface area contributed by atoms with Gasteiger partial charge in [-0.3, -0.25) is 4.79 Å². The zero-order valence-electron chi connectivity index (χ0n) is 13.4. The molecule has 0 unspecified atom stereocenters. The van der Waals surface area contributed by atoms with Crippen LogP contribution < -0.4 is 14.8 Å². The third-order valence-corrected chi connectivity index (χ3v) is 5.32. The first-order valence-corrected chi connectivity index (χ1v) is 9.05. The van der Waals surface area contributed by atoms with Crippen LogP contribution in [-0.4, -0.2) is 58.7 Å². The molecule has 8 nitrogen and oxygen atoms in total. The molecule has 1 aromatic rings. The maximum atomic E-state index is 12.0. The highest BCUT2D eigenvalue weighted by Crippen LogP contribution is 2.27. The molecule has 1 fully saturated rings. The van der Waals surface area contributed by atoms with Crippen LogP contribution in [-0.2, 0) is 19.4 Å². The van der Waals surface area contributed by atoms with Gasteiger partial charge in [0, 0.05) is 6.04 Å². The summed E-state index contributed by atoms with van der Waals surface area (Å²) in [5.41, 5.74) is 0.212. The number of benzene rings is 1. The number of hydrogen-bond donors (Lipinski definition) is 1. The summed E-state index contributed by atoms with van der Waals surface area (Å²) >= 11 is 0. The Bertz CT molecular complexity index is 729. The molecule has 1 amide bonds. The first-order valence-electron chi connectivity index (χ1n) is 7.23. The van der Waals surface area contributed by atoms with Crippen molar-refractivity contribution in [1.29, 1.82) is 0 Å². The van der Waals surface area contributed by atoms with Crippen LogP contribution in [0.15, 0.2) is 18.2 Å². The van der Waals surface area contributed by atoms with Crippen LogP contribution in [0, 0.1) is 0 Å². The minimum Gasteiger partial charge on any atom is -0.493 e. The van der Waals surface area contributed by atoms with Gasteiger partial charge in [0.15, 0.2) is 27.9 Å². The normalized spacial score (nSPS) is 18.7. The third-order valence-electron chi connectivity index (χ3n) is 3.55. The van der Waals surface area contributed by atoms with E-state index in [4.69, 9.17) is 14.2 Å². The first kappa shape index (κ1) is 18.1. The average Bonchev–Trinajstić information content (AvgIpc) is 2.90. The minimum atomic E-state index is -3.08. The topological polar surface area (TPSA) is 108 Å². The van der Waals surface area contributed by atoms with Gasteiger partial charge in [-0.2, -0.15) is 0 Å². The molecular formula is C15H19NO7S. The molecule has 0 aliphatic carbocycles. The van der Waals surface area contributed by atoms with E-state index in [9.17, 15) is 18.0 Å². The van der Waals surface area contributed by atoms with Crippen LogP contribution in [0.25, 0.3) is 0 Å². The van der Waals surface area contributed by atoms with Crippen molar-refractivity contribution >= 4 is 21.7 Å². The lowest BCUT2D eigenvalue weighted by atomic mass is 10.2. The van der Waals surface area contributed by atoms with Crippen LogP contribution in [0.2, 0.25) is 0 Å². The van der Waals surface area contributed by atoms with Gasteiger partial charge in [-0.25, -0.2) is 13.2 Å². The quantitative estimate of drug-likeness (QED) is 0.723. The molecule has 1 aliphatic rings. The van der Waals surface area contributed by atoms with Gasteiger partial charge in [-0.15, -0.1) is 0 Å². The van der Waals surface area contributed by atoms with Gasteiger partial charge in [0.1, 0.15) is 0 Å². The zero-order chi connectivity index (χ0) is 17.7. The molecule has 1 atom stereocenters. The largest absolute Gasteiger partial charge is 0.493 e. The molecule has 0 saturated carbocycles. The lowest BCUT2D eigenvalue weighted by Gasteiger charge is -2.12. The molecule has 9 heteroatoms. The number of sulfone groups is 1. The summed E-state index contributed by atoms with van der Waals surface area (Å²) in [5, 5.41) is 2.54. The monoisotopic (exact) mass is 357 g/mol. The second kappa shape index (κ2) is 7.52. The molecule has 1 saturated heterocycles. The van der Waals surface area contributed by atoms with Gasteiger partial charge in [0.2, 0.25) is 0 Å². The number of methoxy groups -OCH3 is 2. The Morgan fingerprint density at radius 3 is 2.50 bits per heavy atom. The predicted octanol–water partition coefficient (Wildman–Crippen LogP) is 0.164. The van der Waals surface area contributed by atoms with Crippen molar-refractivity contribution in [3.63, 3.8) is 0 Å². The van der Waals surface area contributed by atoms with E-state index in [0.29, 0.717) is 17.9 Å². The van der Waals surface area contributed by atoms with Crippen molar-refractivity contribution in [3.05, 3.63) is 23.8 Å². The lowest BCUT2D eigenvalue weighted by molar-refractivity contribution is -0.124. The van der Waals surface area contributed by atoms with Crippen LogP contribution >= 0.6 is 0 Å². The Morgan fingerprint density at radius 1 is 1.21 bits per heavy atom. The Balaban J connectivity index is 1.87. The van der Waals surface area contributed by atoms with E-state index >= 15 is 0 Å². The summed E-state index contributed by atoms with van der Waals surface area (Å²) in [4.78, 5) is 23.7. The fraction of sp³-hybridized carbons (Fsp3) is 0.467. The van der Waals surface area contributed by atoms with Gasteiger partial charge < -0.3 is 19.5 Å². The van der Waals surface area contributed by atoms with Gasteiger partial charge >= 0.3 is 5.97 Å². The van der Waals surface area contributed by atoms with E-state index < -0.39 is 34.4 Å². The number of amides is 1. The molecule has 24 heavy (non-hydrogen) atoms. The third kappa shape index (κ3) is 4.60. The number of carbonyl (C=O) groups excluding carboxylic acids is 2. The fourth-order valence-corrected chi connectivity index (χ4v) is 4.03. The molecule has 1 aromatic carbocycles. The standard InChI is InChI=1S/C15H19NO7S/c1-21-12-4-3-10(7-13(12)22-2)15(18)23-8-14(17)16-11-5-6-24(19,20)9-11/h3-4,7,11H,5-6,8-9H2,1-2H3,(H,16,17)/t11-/m0/s1. The molecule has 1 N–H and O–H groups in total. The maximum absolute atomic E-state index is 12.0. The molecule has 2 rings (SSSR count). The van der Waals surface area contributed by atoms with E-state index in [-0.39, 0.29) is 17.1 Å². The van der Waals surface area contributed by atoms with Crippen molar-refractivity contribution in [3.8, 4) is 11.5 Å². The number of esters is 1. The van der Waals surface area contributed by atoms with Gasteiger partial charge in [-0.05, 0) is 24.6 Å². The SMILES string of the molecule is COc1ccc(C(=O)OCC(=O)N[C@H]2CCS(=O)(=O)C2)cc1OC. The van der Waals surface area contributed by atoms with Crippen molar-refractivity contribution in [2.45, 2.75) is 12.5 Å². The number of rotatable bonds is 6. The van der Waals surface area contributed by atoms with Crippen molar-refractivity contribution in [1.82, 2.24) is 5.32 Å². The van der Waals surface area contributed by atoms with Crippen LogP contribution in [0.1, 0.15) is 16.8 Å². The summed E-state index contributed by atoms with van der Waals surface area (Å²) in [6, 6.07) is 4.06. The van der Waals surface area contributed by atoms with Gasteiger partial charge in [-0.1, -0.05) is 0 Å². The Hall–Kier alpha value is -2.29. The second-order valence-corrected chi connectivity index (χ2v) is 7.54. The van der Waals surface area contributed by atoms with E-state index in [1.54, 1.807) is 6.07 Å². The lowest BCUT2D eigenvalue weighted by Crippen LogP contribution is -2.38. The van der Waals surface area contributed by atoms with Crippen molar-refractivity contribution in [2.24, 2.45) is 0 Å². The van der Waals surface area contributed by atoms with Crippen molar-refractivity contribution in [2.75, 3.05) is 32.3 Å². The summed E-state index contributed by atoms with van der Waals surface area (Å²) in [6.45, 7) is -0.482. The minimum absolute atomic E-state index is 0.0589. The van der Waals surface area contributed by atoms with Crippen LogP contribution in [0.5, 0.6) is 11.5 Å². The van der Waals surface area contributed by atoms with E-state index in [1.165, 1.54) is 26.4 Å². The molecular weight excluding hydrogens is 338 g/mol. The zero-order valence-corrected chi connectivity index (χ0v) is 14.2. The average molecular weight is 357 g/mol. The van der Waals surface area contributed by atoms with Gasteiger partial charge in [0.05, 0.1) is 31.3 Å². The van der Waals surface area contributed by atoms with E-state index in [2.05, 4.69) is 5.32 Å². The molecule has 0 radical (unpaired) electrons. The second-order valence-electron chi connectivity index (χ2n) is 5.31. The maximum Gasteiger partial charge on any atom is 0.338 e.